The van der Waals surface area contributed by atoms with E-state index in [1.807, 2.05) is 0 Å². The quantitative estimate of drug-likeness (QED) is 0.266. The first-order valence-corrected chi connectivity index (χ1v) is 8.06. The molecular weight excluding hydrogens is 373 g/mol. The Hall–Kier alpha value is -2.78. The van der Waals surface area contributed by atoms with Crippen LogP contribution in [0.2, 0.25) is 0 Å². The van der Waals surface area contributed by atoms with E-state index >= 15 is 0 Å². The molecule has 0 radical (unpaired) electrons. The molecule has 1 fully saturated rings. The predicted molar refractivity (Wildman–Crippen MR) is 83.6 cm³/mol. The fourth-order valence-corrected chi connectivity index (χ4v) is 2.84. The molecule has 1 aromatic carbocycles. The number of hydrogen-bond donors (Lipinski definition) is 0. The summed E-state index contributed by atoms with van der Waals surface area (Å²) in [5, 5.41) is 0. The molecule has 1 aliphatic rings. The largest absolute Gasteiger partial charge is 0.420 e. The molecule has 27 heavy (non-hydrogen) atoms. The zero-order valence-corrected chi connectivity index (χ0v) is 14.1. The van der Waals surface area contributed by atoms with Crippen LogP contribution in [0.15, 0.2) is 12.4 Å². The van der Waals surface area contributed by atoms with Crippen molar-refractivity contribution in [3.8, 4) is 5.75 Å². The van der Waals surface area contributed by atoms with Crippen molar-refractivity contribution >= 4 is 11.8 Å². The van der Waals surface area contributed by atoms with Gasteiger partial charge in [0.05, 0.1) is 17.8 Å². The summed E-state index contributed by atoms with van der Waals surface area (Å²) in [5.41, 5.74) is 0.665. The number of esters is 1. The molecule has 5 nitrogen and oxygen atoms in total. The van der Waals surface area contributed by atoms with Gasteiger partial charge in [0.2, 0.25) is 34.8 Å². The van der Waals surface area contributed by atoms with Gasteiger partial charge >= 0.3 is 5.97 Å². The summed E-state index contributed by atoms with van der Waals surface area (Å²) in [5.74, 6) is -14.0. The fourth-order valence-electron chi connectivity index (χ4n) is 2.84. The average Bonchev–Trinajstić information content (AvgIpc) is 2.68. The van der Waals surface area contributed by atoms with Gasteiger partial charge in [-0.15, -0.1) is 0 Å². The molecule has 0 spiro atoms. The smallest absolute Gasteiger partial charge is 0.316 e. The zero-order valence-electron chi connectivity index (χ0n) is 14.1. The molecular formula is C17H14F5N3O2. The molecule has 1 atom stereocenters. The van der Waals surface area contributed by atoms with E-state index in [1.165, 1.54) is 6.20 Å². The lowest BCUT2D eigenvalue weighted by Crippen LogP contribution is -2.40. The number of halogens is 5. The molecule has 0 saturated carbocycles. The lowest BCUT2D eigenvalue weighted by molar-refractivity contribution is -0.139. The van der Waals surface area contributed by atoms with Crippen molar-refractivity contribution < 1.29 is 31.5 Å². The average molecular weight is 387 g/mol. The van der Waals surface area contributed by atoms with Gasteiger partial charge in [-0.25, -0.2) is 18.2 Å². The number of carbonyl (C=O) groups is 1. The molecule has 2 heterocycles. The van der Waals surface area contributed by atoms with Crippen molar-refractivity contribution in [3.63, 3.8) is 0 Å². The first-order chi connectivity index (χ1) is 12.8. The molecule has 144 valence electrons. The summed E-state index contributed by atoms with van der Waals surface area (Å²) >= 11 is 0. The van der Waals surface area contributed by atoms with Crippen molar-refractivity contribution in [1.29, 1.82) is 0 Å². The number of hydrogen-bond acceptors (Lipinski definition) is 5. The van der Waals surface area contributed by atoms with Crippen molar-refractivity contribution in [1.82, 2.24) is 9.97 Å². The third kappa shape index (κ3) is 3.69. The predicted octanol–water partition coefficient (Wildman–Crippen LogP) is 3.30. The van der Waals surface area contributed by atoms with Crippen LogP contribution >= 0.6 is 0 Å². The van der Waals surface area contributed by atoms with Crippen LogP contribution in [0.25, 0.3) is 0 Å². The Morgan fingerprint density at radius 1 is 1.07 bits per heavy atom. The van der Waals surface area contributed by atoms with Crippen molar-refractivity contribution in [2.75, 3.05) is 18.0 Å². The number of nitrogens with zero attached hydrogens (tertiary/aromatic N) is 3. The van der Waals surface area contributed by atoms with Crippen LogP contribution in [0.3, 0.4) is 0 Å². The van der Waals surface area contributed by atoms with E-state index in [9.17, 15) is 26.7 Å². The second-order valence-electron chi connectivity index (χ2n) is 6.12. The van der Waals surface area contributed by atoms with E-state index < -0.39 is 46.7 Å². The maximum Gasteiger partial charge on any atom is 0.316 e. The zero-order chi connectivity index (χ0) is 19.7. The molecule has 10 heteroatoms. The summed E-state index contributed by atoms with van der Waals surface area (Å²) in [6.45, 7) is 2.44. The topological polar surface area (TPSA) is 55.3 Å². The molecule has 2 aromatic rings. The van der Waals surface area contributed by atoms with Crippen molar-refractivity contribution in [3.05, 3.63) is 47.2 Å². The maximum atomic E-state index is 13.7. The molecule has 0 N–H and O–H groups in total. The summed E-state index contributed by atoms with van der Waals surface area (Å²) in [6.07, 6.45) is 3.95. The van der Waals surface area contributed by atoms with Crippen molar-refractivity contribution in [2.45, 2.75) is 19.8 Å². The van der Waals surface area contributed by atoms with Gasteiger partial charge in [0.1, 0.15) is 5.82 Å². The Kier molecular flexibility index (Phi) is 5.24. The van der Waals surface area contributed by atoms with Gasteiger partial charge in [0.15, 0.2) is 0 Å². The number of piperidine rings is 1. The van der Waals surface area contributed by atoms with Gasteiger partial charge in [-0.2, -0.15) is 8.78 Å². The van der Waals surface area contributed by atoms with Crippen LogP contribution in [0.5, 0.6) is 5.75 Å². The highest BCUT2D eigenvalue weighted by atomic mass is 19.2. The van der Waals surface area contributed by atoms with E-state index in [2.05, 4.69) is 14.7 Å². The van der Waals surface area contributed by atoms with E-state index in [0.717, 1.165) is 0 Å². The van der Waals surface area contributed by atoms with Gasteiger partial charge in [0.25, 0.3) is 0 Å². The Balaban J connectivity index is 1.79. The van der Waals surface area contributed by atoms with Gasteiger partial charge in [-0.3, -0.25) is 9.78 Å². The minimum Gasteiger partial charge on any atom is -0.420 e. The number of rotatable bonds is 3. The standard InChI is InChI=1S/C17H14F5N3O2/c1-8-5-23-6-10(24-8)25-4-2-3-9(7-25)17(26)27-16-14(21)12(19)11(18)13(20)15(16)22/h5-6,9H,2-4,7H2,1H3. The Morgan fingerprint density at radius 3 is 2.33 bits per heavy atom. The highest BCUT2D eigenvalue weighted by molar-refractivity contribution is 5.76. The molecule has 1 unspecified atom stereocenters. The first kappa shape index (κ1) is 19.0. The minimum atomic E-state index is -2.31. The van der Waals surface area contributed by atoms with Crippen LogP contribution in [-0.2, 0) is 4.79 Å². The normalized spacial score (nSPS) is 17.1. The second kappa shape index (κ2) is 7.45. The highest BCUT2D eigenvalue weighted by Crippen LogP contribution is 2.31. The monoisotopic (exact) mass is 387 g/mol. The SMILES string of the molecule is Cc1cncc(N2CCCC(C(=O)Oc3c(F)c(F)c(F)c(F)c3F)C2)n1. The van der Waals surface area contributed by atoms with Crippen LogP contribution in [0, 0.1) is 41.9 Å². The summed E-state index contributed by atoms with van der Waals surface area (Å²) in [4.78, 5) is 22.3. The Morgan fingerprint density at radius 2 is 1.70 bits per heavy atom. The van der Waals surface area contributed by atoms with Gasteiger partial charge in [0, 0.05) is 19.3 Å². The van der Waals surface area contributed by atoms with Gasteiger partial charge < -0.3 is 9.64 Å². The summed E-state index contributed by atoms with van der Waals surface area (Å²) < 4.78 is 71.5. The fraction of sp³-hybridized carbons (Fsp3) is 0.353. The molecule has 3 rings (SSSR count). The lowest BCUT2D eigenvalue weighted by Gasteiger charge is -2.32. The third-order valence-corrected chi connectivity index (χ3v) is 4.19. The lowest BCUT2D eigenvalue weighted by atomic mass is 9.98. The molecule has 1 aliphatic heterocycles. The molecule has 1 saturated heterocycles. The summed E-state index contributed by atoms with van der Waals surface area (Å²) in [7, 11) is 0. The first-order valence-electron chi connectivity index (χ1n) is 8.06. The molecule has 0 bridgehead atoms. The Bertz CT molecular complexity index is 864. The van der Waals surface area contributed by atoms with Crippen LogP contribution < -0.4 is 9.64 Å². The van der Waals surface area contributed by atoms with Gasteiger partial charge in [-0.1, -0.05) is 0 Å². The number of carbonyl (C=O) groups excluding carboxylic acids is 1. The number of ether oxygens (including phenoxy) is 1. The minimum absolute atomic E-state index is 0.117. The summed E-state index contributed by atoms with van der Waals surface area (Å²) in [6, 6.07) is 0. The van der Waals surface area contributed by atoms with E-state index in [4.69, 9.17) is 0 Å². The molecule has 0 amide bonds. The number of aryl methyl sites for hydroxylation is 1. The van der Waals surface area contributed by atoms with E-state index in [1.54, 1.807) is 18.0 Å². The number of benzene rings is 1. The van der Waals surface area contributed by atoms with Crippen LogP contribution in [-0.4, -0.2) is 29.0 Å². The van der Waals surface area contributed by atoms with E-state index in [0.29, 0.717) is 30.9 Å². The van der Waals surface area contributed by atoms with Crippen molar-refractivity contribution in [2.24, 2.45) is 5.92 Å². The maximum absolute atomic E-state index is 13.7. The van der Waals surface area contributed by atoms with Crippen LogP contribution in [0.4, 0.5) is 27.8 Å². The number of aromatic nitrogens is 2. The highest BCUT2D eigenvalue weighted by Gasteiger charge is 2.33. The third-order valence-electron chi connectivity index (χ3n) is 4.19. The van der Waals surface area contributed by atoms with Gasteiger partial charge in [-0.05, 0) is 19.8 Å². The molecule has 1 aromatic heterocycles. The van der Waals surface area contributed by atoms with Crippen LogP contribution in [0.1, 0.15) is 18.5 Å². The molecule has 0 aliphatic carbocycles. The second-order valence-corrected chi connectivity index (χ2v) is 6.12. The Labute approximate surface area is 150 Å². The van der Waals surface area contributed by atoms with E-state index in [-0.39, 0.29) is 6.54 Å². The number of anilines is 1.